The predicted molar refractivity (Wildman–Crippen MR) is 77.8 cm³/mol. The molecule has 1 aromatic carbocycles. The highest BCUT2D eigenvalue weighted by molar-refractivity contribution is 5.16. The molecule has 0 aliphatic rings. The number of benzene rings is 1. The van der Waals surface area contributed by atoms with Crippen molar-refractivity contribution in [1.82, 2.24) is 10.1 Å². The number of hydrogen-bond acceptors (Lipinski definition) is 6. The molecule has 1 heterocycles. The van der Waals surface area contributed by atoms with E-state index in [9.17, 15) is 0 Å². The van der Waals surface area contributed by atoms with Crippen molar-refractivity contribution >= 4 is 0 Å². The Morgan fingerprint density at radius 3 is 2.76 bits per heavy atom. The lowest BCUT2D eigenvalue weighted by molar-refractivity contribution is 0.0714. The molecule has 1 atom stereocenters. The Labute approximate surface area is 124 Å². The lowest BCUT2D eigenvalue weighted by Gasteiger charge is -2.06. The highest BCUT2D eigenvalue weighted by atomic mass is 16.5. The average molecular weight is 291 g/mol. The monoisotopic (exact) mass is 291 g/mol. The summed E-state index contributed by atoms with van der Waals surface area (Å²) < 4.78 is 15.5. The molecule has 0 bridgehead atoms. The molecule has 1 aromatic heterocycles. The van der Waals surface area contributed by atoms with E-state index in [1.54, 1.807) is 7.11 Å². The normalized spacial score (nSPS) is 12.5. The van der Waals surface area contributed by atoms with Gasteiger partial charge in [0.25, 0.3) is 0 Å². The first-order chi connectivity index (χ1) is 10.3. The summed E-state index contributed by atoms with van der Waals surface area (Å²) in [6, 6.07) is 9.71. The van der Waals surface area contributed by atoms with Crippen molar-refractivity contribution in [2.24, 2.45) is 5.73 Å². The van der Waals surface area contributed by atoms with Crippen LogP contribution in [0.4, 0.5) is 0 Å². The van der Waals surface area contributed by atoms with Crippen molar-refractivity contribution in [1.29, 1.82) is 0 Å². The molecule has 114 valence electrons. The lowest BCUT2D eigenvalue weighted by atomic mass is 10.1. The SMILES string of the molecule is COCCOCCc1noc(C(N)Cc2ccccc2)n1. The van der Waals surface area contributed by atoms with Crippen molar-refractivity contribution in [2.75, 3.05) is 26.9 Å². The van der Waals surface area contributed by atoms with E-state index in [-0.39, 0.29) is 6.04 Å². The smallest absolute Gasteiger partial charge is 0.243 e. The Balaban J connectivity index is 1.79. The van der Waals surface area contributed by atoms with Crippen LogP contribution in [-0.4, -0.2) is 37.1 Å². The van der Waals surface area contributed by atoms with Crippen LogP contribution in [0, 0.1) is 0 Å². The van der Waals surface area contributed by atoms with Crippen LogP contribution in [0.5, 0.6) is 0 Å². The summed E-state index contributed by atoms with van der Waals surface area (Å²) >= 11 is 0. The lowest BCUT2D eigenvalue weighted by Crippen LogP contribution is -2.14. The van der Waals surface area contributed by atoms with E-state index in [1.807, 2.05) is 30.3 Å². The molecule has 0 fully saturated rings. The quantitative estimate of drug-likeness (QED) is 0.705. The molecule has 2 aromatic rings. The molecule has 0 saturated heterocycles. The number of rotatable bonds is 9. The molecule has 0 amide bonds. The molecule has 0 aliphatic heterocycles. The van der Waals surface area contributed by atoms with Crippen LogP contribution >= 0.6 is 0 Å². The van der Waals surface area contributed by atoms with Gasteiger partial charge in [0.1, 0.15) is 0 Å². The number of nitrogens with two attached hydrogens (primary N) is 1. The molecular weight excluding hydrogens is 270 g/mol. The Morgan fingerprint density at radius 1 is 1.19 bits per heavy atom. The zero-order valence-electron chi connectivity index (χ0n) is 12.2. The Hall–Kier alpha value is -1.76. The van der Waals surface area contributed by atoms with Crippen LogP contribution in [0.1, 0.15) is 23.3 Å². The molecule has 1 unspecified atom stereocenters. The third kappa shape index (κ3) is 5.26. The molecule has 0 radical (unpaired) electrons. The maximum atomic E-state index is 6.09. The fraction of sp³-hybridized carbons (Fsp3) is 0.467. The van der Waals surface area contributed by atoms with Crippen molar-refractivity contribution in [2.45, 2.75) is 18.9 Å². The van der Waals surface area contributed by atoms with Crippen LogP contribution in [0.3, 0.4) is 0 Å². The van der Waals surface area contributed by atoms with Gasteiger partial charge in [0, 0.05) is 13.5 Å². The van der Waals surface area contributed by atoms with Crippen molar-refractivity contribution in [3.63, 3.8) is 0 Å². The van der Waals surface area contributed by atoms with E-state index in [0.717, 1.165) is 5.56 Å². The number of aromatic nitrogens is 2. The molecule has 6 nitrogen and oxygen atoms in total. The van der Waals surface area contributed by atoms with Crippen LogP contribution in [-0.2, 0) is 22.3 Å². The van der Waals surface area contributed by atoms with Gasteiger partial charge in [-0.3, -0.25) is 0 Å². The van der Waals surface area contributed by atoms with E-state index in [1.165, 1.54) is 0 Å². The Morgan fingerprint density at radius 2 is 2.00 bits per heavy atom. The van der Waals surface area contributed by atoms with Crippen LogP contribution < -0.4 is 5.73 Å². The molecule has 0 aliphatic carbocycles. The molecular formula is C15H21N3O3. The predicted octanol–water partition coefficient (Wildman–Crippen LogP) is 1.52. The zero-order valence-corrected chi connectivity index (χ0v) is 12.2. The van der Waals surface area contributed by atoms with Gasteiger partial charge in [0.15, 0.2) is 5.82 Å². The fourth-order valence-electron chi connectivity index (χ4n) is 1.88. The number of hydrogen-bond donors (Lipinski definition) is 1. The Bertz CT molecular complexity index is 516. The first-order valence-electron chi connectivity index (χ1n) is 6.98. The molecule has 21 heavy (non-hydrogen) atoms. The zero-order chi connectivity index (χ0) is 14.9. The molecule has 0 saturated carbocycles. The Kier molecular flexibility index (Phi) is 6.33. The van der Waals surface area contributed by atoms with Crippen molar-refractivity contribution in [3.05, 3.63) is 47.6 Å². The minimum Gasteiger partial charge on any atom is -0.382 e. The van der Waals surface area contributed by atoms with Gasteiger partial charge in [-0.2, -0.15) is 4.98 Å². The summed E-state index contributed by atoms with van der Waals surface area (Å²) in [5.74, 6) is 1.08. The van der Waals surface area contributed by atoms with Crippen molar-refractivity contribution < 1.29 is 14.0 Å². The topological polar surface area (TPSA) is 83.4 Å². The highest BCUT2D eigenvalue weighted by Crippen LogP contribution is 2.14. The van der Waals surface area contributed by atoms with Gasteiger partial charge in [0.05, 0.1) is 25.9 Å². The second-order valence-electron chi connectivity index (χ2n) is 4.70. The average Bonchev–Trinajstić information content (AvgIpc) is 2.97. The van der Waals surface area contributed by atoms with Gasteiger partial charge in [-0.05, 0) is 12.0 Å². The van der Waals surface area contributed by atoms with E-state index >= 15 is 0 Å². The van der Waals surface area contributed by atoms with Gasteiger partial charge < -0.3 is 19.7 Å². The van der Waals surface area contributed by atoms with Gasteiger partial charge in [0.2, 0.25) is 5.89 Å². The van der Waals surface area contributed by atoms with Crippen LogP contribution in [0.15, 0.2) is 34.9 Å². The third-order valence-corrected chi connectivity index (χ3v) is 3.00. The van der Waals surface area contributed by atoms with Crippen LogP contribution in [0.25, 0.3) is 0 Å². The van der Waals surface area contributed by atoms with Gasteiger partial charge >= 0.3 is 0 Å². The number of nitrogens with zero attached hydrogens (tertiary/aromatic N) is 2. The van der Waals surface area contributed by atoms with E-state index in [4.69, 9.17) is 19.7 Å². The summed E-state index contributed by atoms with van der Waals surface area (Å²) in [6.07, 6.45) is 1.28. The summed E-state index contributed by atoms with van der Waals surface area (Å²) in [5.41, 5.74) is 7.24. The molecule has 2 rings (SSSR count). The summed E-state index contributed by atoms with van der Waals surface area (Å²) in [4.78, 5) is 4.31. The summed E-state index contributed by atoms with van der Waals surface area (Å²) in [6.45, 7) is 1.68. The van der Waals surface area contributed by atoms with Gasteiger partial charge in [-0.25, -0.2) is 0 Å². The highest BCUT2D eigenvalue weighted by Gasteiger charge is 2.15. The minimum absolute atomic E-state index is 0.289. The fourth-order valence-corrected chi connectivity index (χ4v) is 1.88. The molecule has 2 N–H and O–H groups in total. The minimum atomic E-state index is -0.289. The first-order valence-corrected chi connectivity index (χ1v) is 6.98. The maximum absolute atomic E-state index is 6.09. The standard InChI is InChI=1S/C15H21N3O3/c1-19-9-10-20-8-7-14-17-15(21-18-14)13(16)11-12-5-3-2-4-6-12/h2-6,13H,7-11,16H2,1H3. The van der Waals surface area contributed by atoms with E-state index in [2.05, 4.69) is 10.1 Å². The van der Waals surface area contributed by atoms with Gasteiger partial charge in [-0.15, -0.1) is 0 Å². The largest absolute Gasteiger partial charge is 0.382 e. The second kappa shape index (κ2) is 8.51. The number of methoxy groups -OCH3 is 1. The van der Waals surface area contributed by atoms with Gasteiger partial charge in [-0.1, -0.05) is 35.5 Å². The second-order valence-corrected chi connectivity index (χ2v) is 4.70. The van der Waals surface area contributed by atoms with E-state index in [0.29, 0.717) is 44.4 Å². The first kappa shape index (κ1) is 15.6. The maximum Gasteiger partial charge on any atom is 0.243 e. The molecule has 0 spiro atoms. The summed E-state index contributed by atoms with van der Waals surface area (Å²) in [5, 5.41) is 3.92. The van der Waals surface area contributed by atoms with Crippen molar-refractivity contribution in [3.8, 4) is 0 Å². The summed E-state index contributed by atoms with van der Waals surface area (Å²) in [7, 11) is 1.64. The molecule has 6 heteroatoms. The van der Waals surface area contributed by atoms with E-state index < -0.39 is 0 Å². The third-order valence-electron chi connectivity index (χ3n) is 3.00. The number of ether oxygens (including phenoxy) is 2. The van der Waals surface area contributed by atoms with Crippen LogP contribution in [0.2, 0.25) is 0 Å².